The Balaban J connectivity index is 3.02. The summed E-state index contributed by atoms with van der Waals surface area (Å²) >= 11 is 0. The first-order valence-electron chi connectivity index (χ1n) is 6.99. The Morgan fingerprint density at radius 2 is 1.39 bits per heavy atom. The van der Waals surface area contributed by atoms with E-state index in [0.29, 0.717) is 0 Å². The summed E-state index contributed by atoms with van der Waals surface area (Å²) in [4.78, 5) is 33.6. The first-order valence-corrected chi connectivity index (χ1v) is 6.99. The second-order valence-corrected chi connectivity index (χ2v) is 4.93. The molecule has 1 rings (SSSR count). The number of carbonyl (C=O) groups is 3. The van der Waals surface area contributed by atoms with Gasteiger partial charge in [-0.05, 0) is 0 Å². The Hall–Kier alpha value is -1.71. The zero-order valence-corrected chi connectivity index (χ0v) is 13.8. The van der Waals surface area contributed by atoms with Gasteiger partial charge in [0.25, 0.3) is 0 Å². The molecule has 1 unspecified atom stereocenters. The van der Waals surface area contributed by atoms with Crippen molar-refractivity contribution in [2.45, 2.75) is 51.5 Å². The Morgan fingerprint density at radius 3 is 1.83 bits per heavy atom. The van der Waals surface area contributed by atoms with Crippen molar-refractivity contribution in [3.63, 3.8) is 0 Å². The molecule has 0 aromatic rings. The fourth-order valence-corrected chi connectivity index (χ4v) is 2.34. The van der Waals surface area contributed by atoms with Gasteiger partial charge in [0, 0.05) is 35.0 Å². The first kappa shape index (κ1) is 19.3. The van der Waals surface area contributed by atoms with Crippen molar-refractivity contribution in [2.75, 3.05) is 20.8 Å². The van der Waals surface area contributed by atoms with Crippen LogP contribution in [0, 0.1) is 0 Å². The van der Waals surface area contributed by atoms with Gasteiger partial charge in [-0.1, -0.05) is 0 Å². The predicted octanol–water partition coefficient (Wildman–Crippen LogP) is -0.201. The highest BCUT2D eigenvalue weighted by Gasteiger charge is 2.50. The highest BCUT2D eigenvalue weighted by molar-refractivity contribution is 5.67. The maximum Gasteiger partial charge on any atom is 0.305 e. The maximum absolute atomic E-state index is 11.3. The molecule has 0 aromatic heterocycles. The van der Waals surface area contributed by atoms with Gasteiger partial charge in [-0.2, -0.15) is 0 Å². The summed E-state index contributed by atoms with van der Waals surface area (Å²) in [6, 6.07) is 0. The zero-order valence-electron chi connectivity index (χ0n) is 13.8. The van der Waals surface area contributed by atoms with Crippen LogP contribution in [-0.2, 0) is 42.8 Å². The SMILES string of the molecule is CO[C@H]1[C@H](OC)[C@@H](OC(C)=O)C(OC(C)=O)O[C@@H]1COC(C)=O. The second-order valence-electron chi connectivity index (χ2n) is 4.93. The van der Waals surface area contributed by atoms with Crippen LogP contribution in [0.4, 0.5) is 0 Å². The van der Waals surface area contributed by atoms with Crippen LogP contribution in [0.25, 0.3) is 0 Å². The van der Waals surface area contributed by atoms with Crippen molar-refractivity contribution in [2.24, 2.45) is 0 Å². The third kappa shape index (κ3) is 5.45. The molecule has 0 aliphatic carbocycles. The molecule has 1 aliphatic rings. The zero-order chi connectivity index (χ0) is 17.6. The highest BCUT2D eigenvalue weighted by Crippen LogP contribution is 2.28. The fourth-order valence-electron chi connectivity index (χ4n) is 2.34. The lowest BCUT2D eigenvalue weighted by molar-refractivity contribution is -0.302. The summed E-state index contributed by atoms with van der Waals surface area (Å²) in [5.41, 5.74) is 0. The average Bonchev–Trinajstić information content (AvgIpc) is 2.45. The van der Waals surface area contributed by atoms with E-state index in [4.69, 9.17) is 28.4 Å². The maximum atomic E-state index is 11.3. The molecule has 0 bridgehead atoms. The summed E-state index contributed by atoms with van der Waals surface area (Å²) in [6.07, 6.45) is -4.45. The Labute approximate surface area is 134 Å². The minimum Gasteiger partial charge on any atom is -0.463 e. The van der Waals surface area contributed by atoms with Crippen LogP contribution in [0.1, 0.15) is 20.8 Å². The predicted molar refractivity (Wildman–Crippen MR) is 74.2 cm³/mol. The van der Waals surface area contributed by atoms with E-state index >= 15 is 0 Å². The smallest absolute Gasteiger partial charge is 0.305 e. The number of rotatable bonds is 6. The molecular weight excluding hydrogens is 312 g/mol. The molecule has 1 fully saturated rings. The molecule has 9 heteroatoms. The average molecular weight is 334 g/mol. The van der Waals surface area contributed by atoms with Crippen LogP contribution in [0.15, 0.2) is 0 Å². The second kappa shape index (κ2) is 8.80. The van der Waals surface area contributed by atoms with E-state index < -0.39 is 48.6 Å². The van der Waals surface area contributed by atoms with Crippen LogP contribution in [0.5, 0.6) is 0 Å². The summed E-state index contributed by atoms with van der Waals surface area (Å²) in [5, 5.41) is 0. The molecule has 0 N–H and O–H groups in total. The summed E-state index contributed by atoms with van der Waals surface area (Å²) in [6.45, 7) is 3.53. The van der Waals surface area contributed by atoms with Gasteiger partial charge in [-0.3, -0.25) is 14.4 Å². The molecular formula is C14H22O9. The van der Waals surface area contributed by atoms with Crippen LogP contribution in [-0.4, -0.2) is 69.4 Å². The molecule has 0 spiro atoms. The molecule has 1 saturated heterocycles. The lowest BCUT2D eigenvalue weighted by atomic mass is 9.98. The minimum absolute atomic E-state index is 0.127. The molecule has 1 aliphatic heterocycles. The topological polar surface area (TPSA) is 107 Å². The van der Waals surface area contributed by atoms with Crippen LogP contribution >= 0.6 is 0 Å². The number of ether oxygens (including phenoxy) is 6. The lowest BCUT2D eigenvalue weighted by Crippen LogP contribution is -2.62. The van der Waals surface area contributed by atoms with E-state index in [-0.39, 0.29) is 6.61 Å². The summed E-state index contributed by atoms with van der Waals surface area (Å²) < 4.78 is 31.4. The van der Waals surface area contributed by atoms with Crippen LogP contribution in [0.3, 0.4) is 0 Å². The Morgan fingerprint density at radius 1 is 0.826 bits per heavy atom. The van der Waals surface area contributed by atoms with E-state index in [1.807, 2.05) is 0 Å². The number of hydrogen-bond acceptors (Lipinski definition) is 9. The van der Waals surface area contributed by atoms with E-state index in [1.54, 1.807) is 0 Å². The number of hydrogen-bond donors (Lipinski definition) is 0. The van der Waals surface area contributed by atoms with Crippen molar-refractivity contribution in [3.8, 4) is 0 Å². The minimum atomic E-state index is -1.20. The summed E-state index contributed by atoms with van der Waals surface area (Å²) in [5.74, 6) is -1.71. The van der Waals surface area contributed by atoms with Crippen LogP contribution in [0.2, 0.25) is 0 Å². The van der Waals surface area contributed by atoms with Crippen LogP contribution < -0.4 is 0 Å². The third-order valence-electron chi connectivity index (χ3n) is 3.17. The van der Waals surface area contributed by atoms with Gasteiger partial charge in [0.15, 0.2) is 6.10 Å². The largest absolute Gasteiger partial charge is 0.463 e. The molecule has 5 atom stereocenters. The molecule has 0 amide bonds. The van der Waals surface area contributed by atoms with Crippen molar-refractivity contribution in [1.82, 2.24) is 0 Å². The van der Waals surface area contributed by atoms with Gasteiger partial charge >= 0.3 is 17.9 Å². The third-order valence-corrected chi connectivity index (χ3v) is 3.17. The van der Waals surface area contributed by atoms with Gasteiger partial charge in [0.2, 0.25) is 6.29 Å². The Bertz CT molecular complexity index is 436. The monoisotopic (exact) mass is 334 g/mol. The first-order chi connectivity index (χ1) is 10.8. The van der Waals surface area contributed by atoms with Gasteiger partial charge in [-0.25, -0.2) is 0 Å². The van der Waals surface area contributed by atoms with E-state index in [9.17, 15) is 14.4 Å². The van der Waals surface area contributed by atoms with Crippen molar-refractivity contribution >= 4 is 17.9 Å². The molecule has 9 nitrogen and oxygen atoms in total. The molecule has 0 radical (unpaired) electrons. The van der Waals surface area contributed by atoms with E-state index in [2.05, 4.69) is 0 Å². The highest BCUT2D eigenvalue weighted by atomic mass is 16.7. The number of esters is 3. The Kier molecular flexibility index (Phi) is 7.40. The van der Waals surface area contributed by atoms with Crippen molar-refractivity contribution in [3.05, 3.63) is 0 Å². The summed E-state index contributed by atoms with van der Waals surface area (Å²) in [7, 11) is 2.81. The normalized spacial score (nSPS) is 30.4. The number of methoxy groups -OCH3 is 2. The number of carbonyl (C=O) groups excluding carboxylic acids is 3. The van der Waals surface area contributed by atoms with Crippen molar-refractivity contribution < 1.29 is 42.8 Å². The molecule has 0 aromatic carbocycles. The molecule has 0 saturated carbocycles. The molecule has 132 valence electrons. The van der Waals surface area contributed by atoms with E-state index in [1.165, 1.54) is 35.0 Å². The standard InChI is InChI=1S/C14H22O9/c1-7(15)20-6-10-11(18-4)12(19-5)13(21-8(2)16)14(23-10)22-9(3)17/h10-14H,6H2,1-5H3/t10-,11-,12+,13-,14?/m1/s1. The van der Waals surface area contributed by atoms with Gasteiger partial charge in [-0.15, -0.1) is 0 Å². The van der Waals surface area contributed by atoms with Gasteiger partial charge < -0.3 is 28.4 Å². The van der Waals surface area contributed by atoms with E-state index in [0.717, 1.165) is 0 Å². The van der Waals surface area contributed by atoms with Gasteiger partial charge in [0.1, 0.15) is 24.9 Å². The lowest BCUT2D eigenvalue weighted by Gasteiger charge is -2.43. The fraction of sp³-hybridized carbons (Fsp3) is 0.786. The molecule has 23 heavy (non-hydrogen) atoms. The quantitative estimate of drug-likeness (QED) is 0.482. The molecule has 1 heterocycles. The van der Waals surface area contributed by atoms with Crippen molar-refractivity contribution in [1.29, 1.82) is 0 Å². The van der Waals surface area contributed by atoms with Gasteiger partial charge in [0.05, 0.1) is 0 Å².